The molecular formula is C21H31FN4O. The van der Waals surface area contributed by atoms with Crippen molar-refractivity contribution in [1.82, 2.24) is 19.4 Å². The Labute approximate surface area is 161 Å². The maximum atomic E-state index is 13.1. The van der Waals surface area contributed by atoms with Crippen LogP contribution in [0.2, 0.25) is 0 Å². The average Bonchev–Trinajstić information content (AvgIpc) is 3.05. The molecule has 0 bridgehead atoms. The van der Waals surface area contributed by atoms with E-state index in [2.05, 4.69) is 33.2 Å². The summed E-state index contributed by atoms with van der Waals surface area (Å²) < 4.78 is 15.4. The van der Waals surface area contributed by atoms with Crippen molar-refractivity contribution in [1.29, 1.82) is 0 Å². The molecule has 0 spiro atoms. The monoisotopic (exact) mass is 374 g/mol. The second kappa shape index (κ2) is 9.44. The number of nitrogens with zero attached hydrogens (tertiary/aromatic N) is 4. The Morgan fingerprint density at radius 3 is 2.67 bits per heavy atom. The molecule has 1 N–H and O–H groups in total. The molecule has 0 saturated carbocycles. The molecule has 0 amide bonds. The minimum absolute atomic E-state index is 0.184. The van der Waals surface area contributed by atoms with Gasteiger partial charge in [-0.25, -0.2) is 9.37 Å². The number of aliphatic hydroxyl groups excluding tert-OH is 1. The van der Waals surface area contributed by atoms with Gasteiger partial charge in [-0.3, -0.25) is 9.80 Å². The molecule has 148 valence electrons. The molecule has 2 aromatic rings. The van der Waals surface area contributed by atoms with E-state index < -0.39 is 0 Å². The van der Waals surface area contributed by atoms with E-state index in [4.69, 9.17) is 0 Å². The van der Waals surface area contributed by atoms with Gasteiger partial charge in [-0.15, -0.1) is 0 Å². The normalized spacial score (nSPS) is 19.1. The van der Waals surface area contributed by atoms with E-state index in [0.29, 0.717) is 12.0 Å². The van der Waals surface area contributed by atoms with Gasteiger partial charge < -0.3 is 9.67 Å². The van der Waals surface area contributed by atoms with Crippen molar-refractivity contribution in [3.8, 4) is 0 Å². The Kier molecular flexibility index (Phi) is 6.99. The quantitative estimate of drug-likeness (QED) is 0.772. The Morgan fingerprint density at radius 1 is 1.19 bits per heavy atom. The van der Waals surface area contributed by atoms with Gasteiger partial charge in [0.2, 0.25) is 0 Å². The number of benzene rings is 1. The zero-order chi connectivity index (χ0) is 19.2. The molecule has 27 heavy (non-hydrogen) atoms. The smallest absolute Gasteiger partial charge is 0.123 e. The van der Waals surface area contributed by atoms with Gasteiger partial charge in [-0.2, -0.15) is 0 Å². The molecule has 1 atom stereocenters. The van der Waals surface area contributed by atoms with Crippen LogP contribution >= 0.6 is 0 Å². The molecule has 1 fully saturated rings. The maximum Gasteiger partial charge on any atom is 0.123 e. The first-order valence-electron chi connectivity index (χ1n) is 9.86. The van der Waals surface area contributed by atoms with E-state index in [1.54, 1.807) is 0 Å². The fourth-order valence-electron chi connectivity index (χ4n) is 3.82. The van der Waals surface area contributed by atoms with Gasteiger partial charge in [0.05, 0.1) is 12.0 Å². The van der Waals surface area contributed by atoms with Crippen LogP contribution in [0.5, 0.6) is 0 Å². The van der Waals surface area contributed by atoms with E-state index in [-0.39, 0.29) is 12.4 Å². The van der Waals surface area contributed by atoms with Gasteiger partial charge in [0.25, 0.3) is 0 Å². The molecule has 1 aromatic carbocycles. The lowest BCUT2D eigenvalue weighted by Crippen LogP contribution is -2.52. The highest BCUT2D eigenvalue weighted by Gasteiger charge is 2.27. The van der Waals surface area contributed by atoms with Crippen LogP contribution in [0.3, 0.4) is 0 Å². The zero-order valence-corrected chi connectivity index (χ0v) is 16.4. The first-order valence-corrected chi connectivity index (χ1v) is 9.86. The van der Waals surface area contributed by atoms with Crippen molar-refractivity contribution >= 4 is 0 Å². The Balaban J connectivity index is 1.61. The van der Waals surface area contributed by atoms with Crippen LogP contribution in [0.25, 0.3) is 0 Å². The van der Waals surface area contributed by atoms with E-state index in [0.717, 1.165) is 51.3 Å². The zero-order valence-electron chi connectivity index (χ0n) is 16.4. The summed E-state index contributed by atoms with van der Waals surface area (Å²) in [6.07, 6.45) is 4.64. The minimum Gasteiger partial charge on any atom is -0.396 e. The number of aromatic nitrogens is 2. The molecule has 1 aliphatic heterocycles. The van der Waals surface area contributed by atoms with Gasteiger partial charge in [-0.05, 0) is 30.0 Å². The topological polar surface area (TPSA) is 44.5 Å². The highest BCUT2D eigenvalue weighted by atomic mass is 19.1. The van der Waals surface area contributed by atoms with E-state index >= 15 is 0 Å². The second-order valence-electron chi connectivity index (χ2n) is 7.93. The molecule has 1 saturated heterocycles. The van der Waals surface area contributed by atoms with Crippen LogP contribution in [0.15, 0.2) is 36.8 Å². The fourth-order valence-corrected chi connectivity index (χ4v) is 3.82. The Bertz CT molecular complexity index is 700. The summed E-state index contributed by atoms with van der Waals surface area (Å²) in [7, 11) is 0. The Hall–Kier alpha value is -1.76. The van der Waals surface area contributed by atoms with Crippen LogP contribution in [-0.2, 0) is 19.6 Å². The van der Waals surface area contributed by atoms with Crippen molar-refractivity contribution in [2.75, 3.05) is 26.2 Å². The van der Waals surface area contributed by atoms with Gasteiger partial charge in [-0.1, -0.05) is 26.0 Å². The molecule has 1 aliphatic rings. The molecule has 1 aromatic heterocycles. The van der Waals surface area contributed by atoms with Crippen LogP contribution in [0.4, 0.5) is 4.39 Å². The Morgan fingerprint density at radius 2 is 1.96 bits per heavy atom. The lowest BCUT2D eigenvalue weighted by Gasteiger charge is -2.41. The van der Waals surface area contributed by atoms with Gasteiger partial charge in [0.1, 0.15) is 5.82 Å². The first-order chi connectivity index (χ1) is 13.0. The average molecular weight is 375 g/mol. The number of hydrogen-bond donors (Lipinski definition) is 1. The van der Waals surface area contributed by atoms with Crippen molar-refractivity contribution < 1.29 is 9.50 Å². The molecule has 6 heteroatoms. The number of piperazine rings is 1. The van der Waals surface area contributed by atoms with Crippen molar-refractivity contribution in [3.63, 3.8) is 0 Å². The highest BCUT2D eigenvalue weighted by molar-refractivity contribution is 5.16. The molecule has 2 heterocycles. The van der Waals surface area contributed by atoms with Gasteiger partial charge in [0, 0.05) is 58.1 Å². The first kappa shape index (κ1) is 20.0. The molecule has 5 nitrogen and oxygen atoms in total. The second-order valence-corrected chi connectivity index (χ2v) is 7.93. The molecule has 0 unspecified atom stereocenters. The number of imidazole rings is 1. The minimum atomic E-state index is -0.200. The molecule has 0 radical (unpaired) electrons. The van der Waals surface area contributed by atoms with E-state index in [1.807, 2.05) is 24.7 Å². The van der Waals surface area contributed by atoms with Crippen molar-refractivity contribution in [3.05, 3.63) is 53.9 Å². The predicted molar refractivity (Wildman–Crippen MR) is 105 cm³/mol. The van der Waals surface area contributed by atoms with Crippen LogP contribution in [0.1, 0.15) is 31.5 Å². The lowest BCUT2D eigenvalue weighted by atomic mass is 10.1. The third-order valence-electron chi connectivity index (χ3n) is 5.20. The van der Waals surface area contributed by atoms with Crippen molar-refractivity contribution in [2.24, 2.45) is 5.92 Å². The SMILES string of the molecule is CC(C)Cn1cncc1CN1CCN(Cc2ccc(F)cc2)[C@H](CCO)C1. The highest BCUT2D eigenvalue weighted by Crippen LogP contribution is 2.19. The van der Waals surface area contributed by atoms with Crippen molar-refractivity contribution in [2.45, 2.75) is 45.9 Å². The molecule has 0 aliphatic carbocycles. The van der Waals surface area contributed by atoms with E-state index in [1.165, 1.54) is 17.8 Å². The number of aliphatic hydroxyl groups is 1. The summed E-state index contributed by atoms with van der Waals surface area (Å²) in [6, 6.07) is 7.03. The summed E-state index contributed by atoms with van der Waals surface area (Å²) >= 11 is 0. The third kappa shape index (κ3) is 5.61. The van der Waals surface area contributed by atoms with Crippen LogP contribution < -0.4 is 0 Å². The summed E-state index contributed by atoms with van der Waals surface area (Å²) in [6.45, 7) is 10.1. The molecule has 3 rings (SSSR count). The summed E-state index contributed by atoms with van der Waals surface area (Å²) in [5.74, 6) is 0.390. The predicted octanol–water partition coefficient (Wildman–Crippen LogP) is 2.75. The summed E-state index contributed by atoms with van der Waals surface area (Å²) in [5.41, 5.74) is 2.36. The van der Waals surface area contributed by atoms with Gasteiger partial charge in [0.15, 0.2) is 0 Å². The van der Waals surface area contributed by atoms with E-state index in [9.17, 15) is 9.50 Å². The van der Waals surface area contributed by atoms with Gasteiger partial charge >= 0.3 is 0 Å². The standard InChI is InChI=1S/C21H31FN4O/c1-17(2)12-26-16-23-11-21(26)15-24-8-9-25(20(14-24)7-10-27)13-18-3-5-19(22)6-4-18/h3-6,11,16-17,20,27H,7-10,12-15H2,1-2H3/t20-/m1/s1. The molecular weight excluding hydrogens is 343 g/mol. The third-order valence-corrected chi connectivity index (χ3v) is 5.20. The number of hydrogen-bond acceptors (Lipinski definition) is 4. The number of halogens is 1. The largest absolute Gasteiger partial charge is 0.396 e. The summed E-state index contributed by atoms with van der Waals surface area (Å²) in [5, 5.41) is 9.52. The summed E-state index contributed by atoms with van der Waals surface area (Å²) in [4.78, 5) is 9.19. The lowest BCUT2D eigenvalue weighted by molar-refractivity contribution is 0.0488. The number of rotatable bonds is 8. The fraction of sp³-hybridized carbons (Fsp3) is 0.571. The van der Waals surface area contributed by atoms with Crippen LogP contribution in [0, 0.1) is 11.7 Å². The van der Waals surface area contributed by atoms with Crippen LogP contribution in [-0.4, -0.2) is 56.7 Å². The maximum absolute atomic E-state index is 13.1.